The molecule has 7 nitrogen and oxygen atoms in total. The Labute approximate surface area is 158 Å². The van der Waals surface area contributed by atoms with E-state index in [4.69, 9.17) is 13.9 Å². The van der Waals surface area contributed by atoms with Gasteiger partial charge in [0.25, 0.3) is 5.91 Å². The van der Waals surface area contributed by atoms with Gasteiger partial charge in [0.05, 0.1) is 30.9 Å². The number of hydrogen-bond acceptors (Lipinski definition) is 6. The highest BCUT2D eigenvalue weighted by molar-refractivity contribution is 7.91. The van der Waals surface area contributed by atoms with E-state index in [1.54, 1.807) is 36.4 Å². The Morgan fingerprint density at radius 3 is 2.44 bits per heavy atom. The molecule has 1 aromatic heterocycles. The Morgan fingerprint density at radius 1 is 1.19 bits per heavy atom. The van der Waals surface area contributed by atoms with Gasteiger partial charge in [-0.05, 0) is 49.7 Å². The van der Waals surface area contributed by atoms with Crippen molar-refractivity contribution in [3.63, 3.8) is 0 Å². The van der Waals surface area contributed by atoms with Crippen LogP contribution in [0, 0.1) is 0 Å². The van der Waals surface area contributed by atoms with Gasteiger partial charge in [0.2, 0.25) is 0 Å². The van der Waals surface area contributed by atoms with Crippen molar-refractivity contribution in [1.82, 2.24) is 4.90 Å². The third-order valence-corrected chi connectivity index (χ3v) is 6.12. The predicted octanol–water partition coefficient (Wildman–Crippen LogP) is 2.27. The molecule has 1 aliphatic heterocycles. The molecule has 146 valence electrons. The number of amides is 1. The van der Waals surface area contributed by atoms with E-state index in [0.29, 0.717) is 24.5 Å². The summed E-state index contributed by atoms with van der Waals surface area (Å²) in [6.07, 6.45) is 1.96. The molecule has 3 rings (SSSR count). The van der Waals surface area contributed by atoms with E-state index < -0.39 is 9.84 Å². The highest BCUT2D eigenvalue weighted by Gasteiger charge is 2.35. The van der Waals surface area contributed by atoms with Crippen LogP contribution in [0.1, 0.15) is 19.1 Å². The molecule has 1 atom stereocenters. The van der Waals surface area contributed by atoms with E-state index in [9.17, 15) is 13.2 Å². The zero-order chi connectivity index (χ0) is 19.3. The number of rotatable bonds is 8. The normalized spacial score (nSPS) is 18.2. The SMILES string of the molecule is CCOc1ccc(OCC(=O)N(Cc2ccco2)[C@@H]2CCS(=O)(=O)C2)cc1. The van der Waals surface area contributed by atoms with Crippen molar-refractivity contribution in [2.75, 3.05) is 24.7 Å². The van der Waals surface area contributed by atoms with Crippen LogP contribution in [0.15, 0.2) is 47.1 Å². The summed E-state index contributed by atoms with van der Waals surface area (Å²) in [6.45, 7) is 2.52. The van der Waals surface area contributed by atoms with Crippen molar-refractivity contribution in [2.24, 2.45) is 0 Å². The number of sulfone groups is 1. The lowest BCUT2D eigenvalue weighted by Crippen LogP contribution is -2.43. The number of hydrogen-bond donors (Lipinski definition) is 0. The fourth-order valence-electron chi connectivity index (χ4n) is 3.04. The Bertz CT molecular complexity index is 845. The van der Waals surface area contributed by atoms with Gasteiger partial charge in [-0.25, -0.2) is 8.42 Å². The molecule has 0 aliphatic carbocycles. The van der Waals surface area contributed by atoms with Gasteiger partial charge in [-0.3, -0.25) is 4.79 Å². The van der Waals surface area contributed by atoms with Crippen LogP contribution in [0.25, 0.3) is 0 Å². The number of ether oxygens (including phenoxy) is 2. The molecule has 1 aliphatic rings. The van der Waals surface area contributed by atoms with Crippen LogP contribution < -0.4 is 9.47 Å². The molecule has 0 unspecified atom stereocenters. The predicted molar refractivity (Wildman–Crippen MR) is 99.4 cm³/mol. The average Bonchev–Trinajstić information content (AvgIpc) is 3.28. The third-order valence-electron chi connectivity index (χ3n) is 4.37. The van der Waals surface area contributed by atoms with Crippen LogP contribution in [0.5, 0.6) is 11.5 Å². The standard InChI is InChI=1S/C19H23NO6S/c1-2-24-16-5-7-17(8-6-16)26-13-19(21)20(12-18-4-3-10-25-18)15-9-11-27(22,23)14-15/h3-8,10,15H,2,9,11-14H2,1H3/t15-/m1/s1. The van der Waals surface area contributed by atoms with Crippen molar-refractivity contribution in [3.8, 4) is 11.5 Å². The number of carbonyl (C=O) groups excluding carboxylic acids is 1. The Hall–Kier alpha value is -2.48. The van der Waals surface area contributed by atoms with Crippen LogP contribution in [0.3, 0.4) is 0 Å². The fraction of sp³-hybridized carbons (Fsp3) is 0.421. The van der Waals surface area contributed by atoms with Crippen LogP contribution in [-0.4, -0.2) is 50.0 Å². The highest BCUT2D eigenvalue weighted by Crippen LogP contribution is 2.22. The lowest BCUT2D eigenvalue weighted by Gasteiger charge is -2.27. The molecule has 2 heterocycles. The van der Waals surface area contributed by atoms with Gasteiger partial charge in [-0.1, -0.05) is 0 Å². The van der Waals surface area contributed by atoms with Gasteiger partial charge < -0.3 is 18.8 Å². The van der Waals surface area contributed by atoms with Gasteiger partial charge in [-0.15, -0.1) is 0 Å². The smallest absolute Gasteiger partial charge is 0.261 e. The first-order valence-electron chi connectivity index (χ1n) is 8.85. The van der Waals surface area contributed by atoms with E-state index in [1.807, 2.05) is 6.92 Å². The third kappa shape index (κ3) is 5.26. The largest absolute Gasteiger partial charge is 0.494 e. The number of furan rings is 1. The van der Waals surface area contributed by atoms with Crippen molar-refractivity contribution < 1.29 is 27.1 Å². The van der Waals surface area contributed by atoms with Crippen molar-refractivity contribution in [1.29, 1.82) is 0 Å². The van der Waals surface area contributed by atoms with Crippen molar-refractivity contribution >= 4 is 15.7 Å². The first-order chi connectivity index (χ1) is 13.0. The van der Waals surface area contributed by atoms with E-state index in [1.165, 1.54) is 11.2 Å². The molecule has 1 saturated heterocycles. The van der Waals surface area contributed by atoms with Gasteiger partial charge >= 0.3 is 0 Å². The average molecular weight is 393 g/mol. The molecular weight excluding hydrogens is 370 g/mol. The van der Waals surface area contributed by atoms with Crippen molar-refractivity contribution in [3.05, 3.63) is 48.4 Å². The van der Waals surface area contributed by atoms with Crippen LogP contribution in [0.2, 0.25) is 0 Å². The summed E-state index contributed by atoms with van der Waals surface area (Å²) in [5.74, 6) is 1.67. The van der Waals surface area contributed by atoms with E-state index in [-0.39, 0.29) is 36.6 Å². The molecule has 0 saturated carbocycles. The topological polar surface area (TPSA) is 86.1 Å². The molecule has 0 radical (unpaired) electrons. The molecular formula is C19H23NO6S. The lowest BCUT2D eigenvalue weighted by atomic mass is 10.2. The summed E-state index contributed by atoms with van der Waals surface area (Å²) in [4.78, 5) is 14.3. The highest BCUT2D eigenvalue weighted by atomic mass is 32.2. The second-order valence-corrected chi connectivity index (χ2v) is 8.58. The molecule has 8 heteroatoms. The summed E-state index contributed by atoms with van der Waals surface area (Å²) >= 11 is 0. The summed E-state index contributed by atoms with van der Waals surface area (Å²) < 4.78 is 39.9. The molecule has 27 heavy (non-hydrogen) atoms. The van der Waals surface area contributed by atoms with Gasteiger partial charge in [0.1, 0.15) is 17.3 Å². The Balaban J connectivity index is 1.65. The molecule has 1 amide bonds. The molecule has 1 fully saturated rings. The minimum Gasteiger partial charge on any atom is -0.494 e. The summed E-state index contributed by atoms with van der Waals surface area (Å²) in [5, 5.41) is 0. The Kier molecular flexibility index (Phi) is 6.05. The zero-order valence-corrected chi connectivity index (χ0v) is 16.0. The maximum atomic E-state index is 12.8. The number of carbonyl (C=O) groups is 1. The molecule has 0 spiro atoms. The van der Waals surface area contributed by atoms with Crippen LogP contribution >= 0.6 is 0 Å². The van der Waals surface area contributed by atoms with E-state index in [0.717, 1.165) is 5.75 Å². The first kappa shape index (κ1) is 19.3. The van der Waals surface area contributed by atoms with E-state index >= 15 is 0 Å². The monoisotopic (exact) mass is 393 g/mol. The number of nitrogens with zero attached hydrogens (tertiary/aromatic N) is 1. The minimum atomic E-state index is -3.11. The van der Waals surface area contributed by atoms with Gasteiger partial charge in [-0.2, -0.15) is 0 Å². The molecule has 0 N–H and O–H groups in total. The quantitative estimate of drug-likeness (QED) is 0.684. The van der Waals surface area contributed by atoms with Crippen LogP contribution in [-0.2, 0) is 21.2 Å². The maximum Gasteiger partial charge on any atom is 0.261 e. The molecule has 2 aromatic rings. The lowest BCUT2D eigenvalue weighted by molar-refractivity contribution is -0.136. The molecule has 0 bridgehead atoms. The summed E-state index contributed by atoms with van der Waals surface area (Å²) in [5.41, 5.74) is 0. The maximum absolute atomic E-state index is 12.8. The van der Waals surface area contributed by atoms with Gasteiger partial charge in [0, 0.05) is 6.04 Å². The van der Waals surface area contributed by atoms with Crippen LogP contribution in [0.4, 0.5) is 0 Å². The fourth-order valence-corrected chi connectivity index (χ4v) is 4.77. The summed E-state index contributed by atoms with van der Waals surface area (Å²) in [7, 11) is -3.11. The summed E-state index contributed by atoms with van der Waals surface area (Å²) in [6, 6.07) is 10.1. The minimum absolute atomic E-state index is 0.0253. The zero-order valence-electron chi connectivity index (χ0n) is 15.2. The second-order valence-electron chi connectivity index (χ2n) is 6.35. The first-order valence-corrected chi connectivity index (χ1v) is 10.7. The van der Waals surface area contributed by atoms with Gasteiger partial charge in [0.15, 0.2) is 16.4 Å². The van der Waals surface area contributed by atoms with Crippen molar-refractivity contribution in [2.45, 2.75) is 25.9 Å². The second kappa shape index (κ2) is 8.47. The molecule has 1 aromatic carbocycles. The Morgan fingerprint density at radius 2 is 1.89 bits per heavy atom. The van der Waals surface area contributed by atoms with E-state index in [2.05, 4.69) is 0 Å². The number of benzene rings is 1.